The normalized spacial score (nSPS) is 10.8. The number of benzene rings is 1. The molecule has 0 aliphatic heterocycles. The number of hydrogen-bond donors (Lipinski definition) is 3. The molecular weight excluding hydrogens is 339 g/mol. The lowest BCUT2D eigenvalue weighted by molar-refractivity contribution is 0.0635. The average Bonchev–Trinajstić information content (AvgIpc) is 2.55. The van der Waals surface area contributed by atoms with Crippen molar-refractivity contribution < 1.29 is 18.7 Å². The largest absolute Gasteiger partial charge is 0.444 e. The second-order valence-electron chi connectivity index (χ2n) is 6.49. The van der Waals surface area contributed by atoms with Crippen LogP contribution in [0.4, 0.5) is 25.4 Å². The number of amides is 3. The fourth-order valence-electron chi connectivity index (χ4n) is 1.97. The van der Waals surface area contributed by atoms with Gasteiger partial charge in [-0.2, -0.15) is 0 Å². The number of rotatable bonds is 4. The molecule has 2 aromatic rings. The number of carbonyl (C=O) groups is 2. The molecule has 3 amide bonds. The summed E-state index contributed by atoms with van der Waals surface area (Å²) in [4.78, 5) is 27.7. The number of pyridine rings is 1. The molecule has 0 fully saturated rings. The predicted molar refractivity (Wildman–Crippen MR) is 96.4 cm³/mol. The van der Waals surface area contributed by atoms with Gasteiger partial charge in [0.1, 0.15) is 11.4 Å². The van der Waals surface area contributed by atoms with E-state index in [-0.39, 0.29) is 5.69 Å². The third-order valence-electron chi connectivity index (χ3n) is 3.04. The maximum Gasteiger partial charge on any atom is 0.412 e. The topological polar surface area (TPSA) is 92.4 Å². The Morgan fingerprint density at radius 1 is 1.19 bits per heavy atom. The summed E-state index contributed by atoms with van der Waals surface area (Å²) in [6.45, 7) is 5.40. The highest BCUT2D eigenvalue weighted by Gasteiger charge is 2.17. The lowest BCUT2D eigenvalue weighted by Crippen LogP contribution is -2.28. The molecule has 0 bridgehead atoms. The van der Waals surface area contributed by atoms with E-state index in [4.69, 9.17) is 4.74 Å². The van der Waals surface area contributed by atoms with Crippen LogP contribution in [0, 0.1) is 5.82 Å². The van der Waals surface area contributed by atoms with Crippen molar-refractivity contribution in [3.05, 3.63) is 54.1 Å². The van der Waals surface area contributed by atoms with Gasteiger partial charge in [0.2, 0.25) is 0 Å². The molecule has 0 radical (unpaired) electrons. The van der Waals surface area contributed by atoms with Crippen molar-refractivity contribution in [2.75, 3.05) is 10.6 Å². The molecule has 0 aliphatic carbocycles. The van der Waals surface area contributed by atoms with Gasteiger partial charge in [0.05, 0.1) is 5.69 Å². The maximum atomic E-state index is 13.9. The van der Waals surface area contributed by atoms with E-state index in [1.807, 2.05) is 6.07 Å². The number of carbonyl (C=O) groups excluding carboxylic acids is 2. The highest BCUT2D eigenvalue weighted by atomic mass is 19.1. The average molecular weight is 360 g/mol. The predicted octanol–water partition coefficient (Wildman–Crippen LogP) is 3.89. The molecule has 0 atom stereocenters. The summed E-state index contributed by atoms with van der Waals surface area (Å²) in [5.41, 5.74) is 0.363. The fourth-order valence-corrected chi connectivity index (χ4v) is 1.97. The smallest absolute Gasteiger partial charge is 0.412 e. The van der Waals surface area contributed by atoms with Crippen LogP contribution in [0.5, 0.6) is 0 Å². The summed E-state index contributed by atoms with van der Waals surface area (Å²) in [6, 6.07) is 6.96. The zero-order valence-corrected chi connectivity index (χ0v) is 14.8. The van der Waals surface area contributed by atoms with Crippen molar-refractivity contribution in [1.29, 1.82) is 0 Å². The summed E-state index contributed by atoms with van der Waals surface area (Å²) in [5.74, 6) is -0.642. The van der Waals surface area contributed by atoms with Gasteiger partial charge in [-0.3, -0.25) is 10.3 Å². The minimum atomic E-state index is -0.783. The van der Waals surface area contributed by atoms with E-state index in [0.29, 0.717) is 12.2 Å². The number of urea groups is 1. The van der Waals surface area contributed by atoms with Crippen molar-refractivity contribution in [1.82, 2.24) is 10.3 Å². The number of anilines is 2. The molecule has 7 nitrogen and oxygen atoms in total. The first-order chi connectivity index (χ1) is 12.2. The summed E-state index contributed by atoms with van der Waals surface area (Å²) >= 11 is 0. The zero-order valence-electron chi connectivity index (χ0n) is 14.8. The van der Waals surface area contributed by atoms with Crippen LogP contribution in [0.1, 0.15) is 26.3 Å². The number of aromatic nitrogens is 1. The molecule has 0 spiro atoms. The van der Waals surface area contributed by atoms with E-state index in [1.165, 1.54) is 12.1 Å². The van der Waals surface area contributed by atoms with Crippen molar-refractivity contribution in [3.63, 3.8) is 0 Å². The number of nitrogens with zero attached hydrogens (tertiary/aromatic N) is 1. The number of halogens is 1. The SMILES string of the molecule is CC(C)(C)OC(=O)Nc1cc(NC(=O)NCc2cccnc2)ccc1F. The molecule has 1 heterocycles. The van der Waals surface area contributed by atoms with Gasteiger partial charge < -0.3 is 15.4 Å². The van der Waals surface area contributed by atoms with Gasteiger partial charge in [-0.1, -0.05) is 6.07 Å². The van der Waals surface area contributed by atoms with Crippen molar-refractivity contribution in [2.45, 2.75) is 32.9 Å². The highest BCUT2D eigenvalue weighted by molar-refractivity contribution is 5.91. The molecule has 0 aliphatic rings. The fraction of sp³-hybridized carbons (Fsp3) is 0.278. The first-order valence-electron chi connectivity index (χ1n) is 7.96. The molecule has 26 heavy (non-hydrogen) atoms. The Balaban J connectivity index is 1.95. The Kier molecular flexibility index (Phi) is 6.11. The molecule has 1 aromatic carbocycles. The van der Waals surface area contributed by atoms with Gasteiger partial charge in [-0.15, -0.1) is 0 Å². The monoisotopic (exact) mass is 360 g/mol. The van der Waals surface area contributed by atoms with Crippen molar-refractivity contribution in [3.8, 4) is 0 Å². The Labute approximate surface area is 151 Å². The molecule has 0 saturated heterocycles. The van der Waals surface area contributed by atoms with Crippen LogP contribution in [0.3, 0.4) is 0 Å². The van der Waals surface area contributed by atoms with E-state index in [1.54, 1.807) is 39.2 Å². The molecule has 3 N–H and O–H groups in total. The Hall–Kier alpha value is -3.16. The number of ether oxygens (including phenoxy) is 1. The first-order valence-corrected chi connectivity index (χ1v) is 7.96. The minimum Gasteiger partial charge on any atom is -0.444 e. The molecule has 0 unspecified atom stereocenters. The Morgan fingerprint density at radius 2 is 1.96 bits per heavy atom. The van der Waals surface area contributed by atoms with Crippen molar-refractivity contribution >= 4 is 23.5 Å². The second-order valence-corrected chi connectivity index (χ2v) is 6.49. The number of hydrogen-bond acceptors (Lipinski definition) is 4. The summed E-state index contributed by atoms with van der Waals surface area (Å²) in [7, 11) is 0. The quantitative estimate of drug-likeness (QED) is 0.771. The Bertz CT molecular complexity index is 776. The number of nitrogens with one attached hydrogen (secondary N) is 3. The van der Waals surface area contributed by atoms with E-state index < -0.39 is 23.5 Å². The molecular formula is C18H21FN4O3. The van der Waals surface area contributed by atoms with Crippen LogP contribution in [-0.2, 0) is 11.3 Å². The lowest BCUT2D eigenvalue weighted by atomic mass is 10.2. The third-order valence-corrected chi connectivity index (χ3v) is 3.04. The standard InChI is InChI=1S/C18H21FN4O3/c1-18(2,3)26-17(25)23-15-9-13(6-7-14(15)19)22-16(24)21-11-12-5-4-8-20-10-12/h4-10H,11H2,1-3H3,(H,23,25)(H2,21,22,24). The molecule has 138 valence electrons. The first kappa shape index (κ1) is 19.2. The molecule has 8 heteroatoms. The van der Waals surface area contributed by atoms with E-state index in [0.717, 1.165) is 11.6 Å². The third kappa shape index (κ3) is 6.39. The summed E-state index contributed by atoms with van der Waals surface area (Å²) < 4.78 is 18.9. The van der Waals surface area contributed by atoms with Crippen LogP contribution in [0.15, 0.2) is 42.7 Å². The summed E-state index contributed by atoms with van der Waals surface area (Å²) in [6.07, 6.45) is 2.50. The second kappa shape index (κ2) is 8.28. The van der Waals surface area contributed by atoms with E-state index in [9.17, 15) is 14.0 Å². The van der Waals surface area contributed by atoms with Crippen LogP contribution in [0.25, 0.3) is 0 Å². The lowest BCUT2D eigenvalue weighted by Gasteiger charge is -2.20. The van der Waals surface area contributed by atoms with Crippen LogP contribution in [0.2, 0.25) is 0 Å². The van der Waals surface area contributed by atoms with Crippen LogP contribution >= 0.6 is 0 Å². The van der Waals surface area contributed by atoms with Crippen molar-refractivity contribution in [2.24, 2.45) is 0 Å². The van der Waals surface area contributed by atoms with Gasteiger partial charge in [-0.25, -0.2) is 14.0 Å². The van der Waals surface area contributed by atoms with Gasteiger partial charge in [-0.05, 0) is 50.6 Å². The highest BCUT2D eigenvalue weighted by Crippen LogP contribution is 2.20. The maximum absolute atomic E-state index is 13.9. The summed E-state index contributed by atoms with van der Waals surface area (Å²) in [5, 5.41) is 7.55. The Morgan fingerprint density at radius 3 is 2.62 bits per heavy atom. The van der Waals surface area contributed by atoms with E-state index in [2.05, 4.69) is 20.9 Å². The minimum absolute atomic E-state index is 0.0932. The van der Waals surface area contributed by atoms with Crippen LogP contribution < -0.4 is 16.0 Å². The van der Waals surface area contributed by atoms with Gasteiger partial charge in [0.15, 0.2) is 0 Å². The zero-order chi connectivity index (χ0) is 19.2. The van der Waals surface area contributed by atoms with Gasteiger partial charge in [0, 0.05) is 24.6 Å². The van der Waals surface area contributed by atoms with E-state index >= 15 is 0 Å². The van der Waals surface area contributed by atoms with Gasteiger partial charge >= 0.3 is 12.1 Å². The molecule has 1 aromatic heterocycles. The van der Waals surface area contributed by atoms with Gasteiger partial charge in [0.25, 0.3) is 0 Å². The van der Waals surface area contributed by atoms with Crippen LogP contribution in [-0.4, -0.2) is 22.7 Å². The molecule has 0 saturated carbocycles. The molecule has 2 rings (SSSR count).